The highest BCUT2D eigenvalue weighted by Crippen LogP contribution is 2.42. The van der Waals surface area contributed by atoms with Crippen LogP contribution >= 0.6 is 11.6 Å². The second kappa shape index (κ2) is 4.66. The molecule has 0 spiro atoms. The van der Waals surface area contributed by atoms with Crippen molar-refractivity contribution in [1.29, 1.82) is 0 Å². The summed E-state index contributed by atoms with van der Waals surface area (Å²) in [5.74, 6) is 1.70. The van der Waals surface area contributed by atoms with Crippen LogP contribution in [0.4, 0.5) is 5.82 Å². The summed E-state index contributed by atoms with van der Waals surface area (Å²) in [6.45, 7) is 0. The van der Waals surface area contributed by atoms with Crippen molar-refractivity contribution >= 4 is 17.4 Å². The maximum Gasteiger partial charge on any atom is 0.180 e. The van der Waals surface area contributed by atoms with Crippen molar-refractivity contribution in [2.24, 2.45) is 0 Å². The molecule has 1 aliphatic carbocycles. The first-order valence-electron chi connectivity index (χ1n) is 6.02. The lowest BCUT2D eigenvalue weighted by Crippen LogP contribution is -2.00. The number of H-pyrrole nitrogens is 1. The molecule has 2 aromatic rings. The molecule has 0 radical (unpaired) electrons. The molecule has 1 heterocycles. The molecule has 0 atom stereocenters. The molecule has 1 saturated carbocycles. The lowest BCUT2D eigenvalue weighted by molar-refractivity contribution is 0.282. The fraction of sp³-hybridized carbons (Fsp3) is 0.308. The minimum atomic E-state index is 0.260. The van der Waals surface area contributed by atoms with Gasteiger partial charge in [0.05, 0.1) is 24.4 Å². The third-order valence-electron chi connectivity index (χ3n) is 3.02. The van der Waals surface area contributed by atoms with E-state index in [2.05, 4.69) is 10.2 Å². The van der Waals surface area contributed by atoms with Gasteiger partial charge in [0, 0.05) is 5.56 Å². The van der Waals surface area contributed by atoms with Crippen LogP contribution in [0.2, 0.25) is 5.02 Å². The number of rotatable bonds is 4. The predicted octanol–water partition coefficient (Wildman–Crippen LogP) is 2.86. The molecule has 0 unspecified atom stereocenters. The zero-order valence-electron chi connectivity index (χ0n) is 10.4. The van der Waals surface area contributed by atoms with Crippen molar-refractivity contribution in [3.05, 3.63) is 23.4 Å². The van der Waals surface area contributed by atoms with Crippen molar-refractivity contribution in [3.63, 3.8) is 0 Å². The third-order valence-corrected chi connectivity index (χ3v) is 3.30. The lowest BCUT2D eigenvalue weighted by atomic mass is 10.1. The highest BCUT2D eigenvalue weighted by molar-refractivity contribution is 6.32. The van der Waals surface area contributed by atoms with Crippen molar-refractivity contribution in [2.45, 2.75) is 18.9 Å². The van der Waals surface area contributed by atoms with E-state index in [-0.39, 0.29) is 6.10 Å². The van der Waals surface area contributed by atoms with Crippen molar-refractivity contribution in [3.8, 4) is 22.6 Å². The van der Waals surface area contributed by atoms with Crippen LogP contribution in [-0.2, 0) is 0 Å². The van der Waals surface area contributed by atoms with Crippen LogP contribution < -0.4 is 15.2 Å². The zero-order chi connectivity index (χ0) is 13.4. The van der Waals surface area contributed by atoms with Gasteiger partial charge in [-0.15, -0.1) is 0 Å². The summed E-state index contributed by atoms with van der Waals surface area (Å²) in [6, 6.07) is 3.66. The van der Waals surface area contributed by atoms with Gasteiger partial charge in [0.25, 0.3) is 0 Å². The monoisotopic (exact) mass is 279 g/mol. The maximum absolute atomic E-state index is 6.28. The van der Waals surface area contributed by atoms with E-state index in [1.54, 1.807) is 13.3 Å². The SMILES string of the molecule is COc1cc(-c2cn[nH]c2N)cc(Cl)c1OC1CC1. The Labute approximate surface area is 115 Å². The lowest BCUT2D eigenvalue weighted by Gasteiger charge is -2.13. The Hall–Kier alpha value is -1.88. The number of methoxy groups -OCH3 is 1. The summed E-state index contributed by atoms with van der Waals surface area (Å²) < 4.78 is 11.1. The smallest absolute Gasteiger partial charge is 0.180 e. The molecule has 3 rings (SSSR count). The van der Waals surface area contributed by atoms with Crippen LogP contribution in [0.5, 0.6) is 11.5 Å². The van der Waals surface area contributed by atoms with Crippen LogP contribution in [0.25, 0.3) is 11.1 Å². The van der Waals surface area contributed by atoms with Gasteiger partial charge in [0.2, 0.25) is 0 Å². The predicted molar refractivity (Wildman–Crippen MR) is 73.6 cm³/mol. The Morgan fingerprint density at radius 2 is 2.21 bits per heavy atom. The first-order chi connectivity index (χ1) is 9.19. The number of nitrogens with zero attached hydrogens (tertiary/aromatic N) is 1. The Morgan fingerprint density at radius 1 is 1.42 bits per heavy atom. The van der Waals surface area contributed by atoms with Gasteiger partial charge in [-0.05, 0) is 30.5 Å². The van der Waals surface area contributed by atoms with Crippen LogP contribution in [0.15, 0.2) is 18.3 Å². The number of hydrogen-bond donors (Lipinski definition) is 2. The normalized spacial score (nSPS) is 14.4. The van der Waals surface area contributed by atoms with Crippen LogP contribution in [0, 0.1) is 0 Å². The molecule has 1 aliphatic rings. The van der Waals surface area contributed by atoms with E-state index in [1.807, 2.05) is 12.1 Å². The maximum atomic E-state index is 6.28. The van der Waals surface area contributed by atoms with E-state index < -0.39 is 0 Å². The minimum Gasteiger partial charge on any atom is -0.493 e. The number of anilines is 1. The molecular weight excluding hydrogens is 266 g/mol. The summed E-state index contributed by atoms with van der Waals surface area (Å²) in [6.07, 6.45) is 4.05. The number of aromatic nitrogens is 2. The average Bonchev–Trinajstić information content (AvgIpc) is 3.11. The molecule has 0 aliphatic heterocycles. The summed E-state index contributed by atoms with van der Waals surface area (Å²) in [5, 5.41) is 7.11. The standard InChI is InChI=1S/C13H14ClN3O2/c1-18-11-5-7(9-6-16-17-13(9)15)4-10(14)12(11)19-8-2-3-8/h4-6,8H,2-3H2,1H3,(H3,15,16,17). The molecule has 1 aromatic carbocycles. The third kappa shape index (κ3) is 2.33. The Bertz CT molecular complexity index is 608. The Balaban J connectivity index is 2.03. The molecule has 100 valence electrons. The van der Waals surface area contributed by atoms with Gasteiger partial charge in [-0.3, -0.25) is 5.10 Å². The van der Waals surface area contributed by atoms with Crippen molar-refractivity contribution in [1.82, 2.24) is 10.2 Å². The van der Waals surface area contributed by atoms with Gasteiger partial charge in [-0.25, -0.2) is 0 Å². The number of benzene rings is 1. The largest absolute Gasteiger partial charge is 0.493 e. The number of ether oxygens (including phenoxy) is 2. The fourth-order valence-corrected chi connectivity index (χ4v) is 2.12. The number of nitrogens with two attached hydrogens (primary N) is 1. The first-order valence-corrected chi connectivity index (χ1v) is 6.40. The van der Waals surface area contributed by atoms with Crippen molar-refractivity contribution < 1.29 is 9.47 Å². The first kappa shape index (κ1) is 12.2. The number of nitrogen functional groups attached to an aromatic ring is 1. The highest BCUT2D eigenvalue weighted by atomic mass is 35.5. The summed E-state index contributed by atoms with van der Waals surface area (Å²) >= 11 is 6.28. The summed E-state index contributed by atoms with van der Waals surface area (Å²) in [5.41, 5.74) is 7.44. The van der Waals surface area contributed by atoms with Gasteiger partial charge >= 0.3 is 0 Å². The van der Waals surface area contributed by atoms with Crippen LogP contribution in [-0.4, -0.2) is 23.4 Å². The number of halogens is 1. The highest BCUT2D eigenvalue weighted by Gasteiger charge is 2.26. The topological polar surface area (TPSA) is 73.2 Å². The minimum absolute atomic E-state index is 0.260. The van der Waals surface area contributed by atoms with Gasteiger partial charge in [-0.2, -0.15) is 5.10 Å². The van der Waals surface area contributed by atoms with E-state index in [4.69, 9.17) is 26.8 Å². The number of aromatic amines is 1. The fourth-order valence-electron chi connectivity index (χ4n) is 1.87. The molecule has 1 aromatic heterocycles. The molecule has 5 nitrogen and oxygen atoms in total. The van der Waals surface area contributed by atoms with E-state index in [9.17, 15) is 0 Å². The van der Waals surface area contributed by atoms with E-state index in [0.717, 1.165) is 24.0 Å². The molecule has 3 N–H and O–H groups in total. The molecular formula is C13H14ClN3O2. The van der Waals surface area contributed by atoms with E-state index in [1.165, 1.54) is 0 Å². The van der Waals surface area contributed by atoms with Gasteiger partial charge in [0.1, 0.15) is 5.82 Å². The van der Waals surface area contributed by atoms with Gasteiger partial charge in [-0.1, -0.05) is 11.6 Å². The molecule has 0 amide bonds. The molecule has 0 saturated heterocycles. The second-order valence-corrected chi connectivity index (χ2v) is 4.91. The van der Waals surface area contributed by atoms with Crippen molar-refractivity contribution in [2.75, 3.05) is 12.8 Å². The Kier molecular flexibility index (Phi) is 2.98. The Morgan fingerprint density at radius 3 is 2.79 bits per heavy atom. The van der Waals surface area contributed by atoms with Crippen LogP contribution in [0.3, 0.4) is 0 Å². The summed E-state index contributed by atoms with van der Waals surface area (Å²) in [4.78, 5) is 0. The zero-order valence-corrected chi connectivity index (χ0v) is 11.2. The number of nitrogens with one attached hydrogen (secondary N) is 1. The van der Waals surface area contributed by atoms with E-state index >= 15 is 0 Å². The van der Waals surface area contributed by atoms with Gasteiger partial charge in [0.15, 0.2) is 11.5 Å². The van der Waals surface area contributed by atoms with Crippen LogP contribution in [0.1, 0.15) is 12.8 Å². The molecule has 19 heavy (non-hydrogen) atoms. The second-order valence-electron chi connectivity index (χ2n) is 4.50. The summed E-state index contributed by atoms with van der Waals surface area (Å²) in [7, 11) is 1.59. The van der Waals surface area contributed by atoms with Gasteiger partial charge < -0.3 is 15.2 Å². The average molecular weight is 280 g/mol. The van der Waals surface area contributed by atoms with E-state index in [0.29, 0.717) is 22.3 Å². The quantitative estimate of drug-likeness (QED) is 0.902. The molecule has 6 heteroatoms. The molecule has 0 bridgehead atoms. The number of hydrogen-bond acceptors (Lipinski definition) is 4. The molecule has 1 fully saturated rings.